The number of nitrogens with zero attached hydrogens (tertiary/aromatic N) is 1. The van der Waals surface area contributed by atoms with Crippen molar-refractivity contribution >= 4 is 22.4 Å². The minimum absolute atomic E-state index is 0.0900. The molecular formula is C12H19N3O2S. The van der Waals surface area contributed by atoms with Crippen LogP contribution in [-0.4, -0.2) is 28.6 Å². The molecule has 0 bridgehead atoms. The van der Waals surface area contributed by atoms with Gasteiger partial charge in [0.05, 0.1) is 11.8 Å². The van der Waals surface area contributed by atoms with Gasteiger partial charge in [-0.3, -0.25) is 4.79 Å². The lowest BCUT2D eigenvalue weighted by Gasteiger charge is -2.25. The van der Waals surface area contributed by atoms with E-state index >= 15 is 0 Å². The number of hydrogen-bond donors (Lipinski definition) is 3. The Bertz CT molecular complexity index is 425. The first-order chi connectivity index (χ1) is 8.56. The highest BCUT2D eigenvalue weighted by Crippen LogP contribution is 2.24. The molecule has 1 saturated carbocycles. The number of nitrogen functional groups attached to an aromatic ring is 1. The SMILES string of the molecule is Cc1nc(N)sc1C(=O)NCC1CCC(O)CC1. The largest absolute Gasteiger partial charge is 0.393 e. The fraction of sp³-hybridized carbons (Fsp3) is 0.667. The van der Waals surface area contributed by atoms with Crippen LogP contribution in [0, 0.1) is 12.8 Å². The van der Waals surface area contributed by atoms with Crippen molar-refractivity contribution < 1.29 is 9.90 Å². The third-order valence-electron chi connectivity index (χ3n) is 3.39. The van der Waals surface area contributed by atoms with Crippen LogP contribution in [0.3, 0.4) is 0 Å². The number of anilines is 1. The highest BCUT2D eigenvalue weighted by molar-refractivity contribution is 7.17. The number of aromatic nitrogens is 1. The first-order valence-corrected chi connectivity index (χ1v) is 7.07. The fourth-order valence-corrected chi connectivity index (χ4v) is 3.04. The third-order valence-corrected chi connectivity index (χ3v) is 4.37. The highest BCUT2D eigenvalue weighted by atomic mass is 32.1. The molecule has 18 heavy (non-hydrogen) atoms. The maximum absolute atomic E-state index is 11.9. The van der Waals surface area contributed by atoms with Crippen LogP contribution < -0.4 is 11.1 Å². The molecule has 5 nitrogen and oxygen atoms in total. The number of aliphatic hydroxyl groups is 1. The van der Waals surface area contributed by atoms with Crippen LogP contribution in [0.15, 0.2) is 0 Å². The molecule has 1 heterocycles. The number of hydrogen-bond acceptors (Lipinski definition) is 5. The summed E-state index contributed by atoms with van der Waals surface area (Å²) >= 11 is 1.22. The number of nitrogens with two attached hydrogens (primary N) is 1. The normalized spacial score (nSPS) is 23.9. The third kappa shape index (κ3) is 3.20. The Hall–Kier alpha value is -1.14. The number of aliphatic hydroxyl groups excluding tert-OH is 1. The zero-order valence-electron chi connectivity index (χ0n) is 10.5. The van der Waals surface area contributed by atoms with Gasteiger partial charge in [0.15, 0.2) is 5.13 Å². The Kier molecular flexibility index (Phi) is 4.19. The zero-order valence-corrected chi connectivity index (χ0v) is 11.3. The average molecular weight is 269 g/mol. The van der Waals surface area contributed by atoms with Crippen LogP contribution >= 0.6 is 11.3 Å². The Morgan fingerprint density at radius 1 is 1.50 bits per heavy atom. The van der Waals surface area contributed by atoms with Gasteiger partial charge in [0.2, 0.25) is 0 Å². The van der Waals surface area contributed by atoms with Gasteiger partial charge < -0.3 is 16.2 Å². The van der Waals surface area contributed by atoms with E-state index in [2.05, 4.69) is 10.3 Å². The molecule has 1 aromatic heterocycles. The van der Waals surface area contributed by atoms with Gasteiger partial charge in [0, 0.05) is 6.54 Å². The summed E-state index contributed by atoms with van der Waals surface area (Å²) in [5, 5.41) is 12.8. The van der Waals surface area contributed by atoms with Crippen molar-refractivity contribution in [3.8, 4) is 0 Å². The van der Waals surface area contributed by atoms with Crippen LogP contribution in [0.4, 0.5) is 5.13 Å². The van der Waals surface area contributed by atoms with E-state index in [0.29, 0.717) is 28.2 Å². The van der Waals surface area contributed by atoms with Crippen LogP contribution in [0.2, 0.25) is 0 Å². The Morgan fingerprint density at radius 2 is 2.17 bits per heavy atom. The van der Waals surface area contributed by atoms with Crippen molar-refractivity contribution in [1.82, 2.24) is 10.3 Å². The van der Waals surface area contributed by atoms with Gasteiger partial charge in [0.25, 0.3) is 5.91 Å². The topological polar surface area (TPSA) is 88.2 Å². The molecule has 0 atom stereocenters. The van der Waals surface area contributed by atoms with Crippen LogP contribution in [-0.2, 0) is 0 Å². The van der Waals surface area contributed by atoms with Crippen LogP contribution in [0.5, 0.6) is 0 Å². The first kappa shape index (κ1) is 13.3. The molecule has 1 aliphatic rings. The molecule has 1 aliphatic carbocycles. The summed E-state index contributed by atoms with van der Waals surface area (Å²) in [5.41, 5.74) is 6.26. The molecule has 4 N–H and O–H groups in total. The van der Waals surface area contributed by atoms with E-state index in [1.807, 2.05) is 0 Å². The Morgan fingerprint density at radius 3 is 2.72 bits per heavy atom. The maximum atomic E-state index is 11.9. The van der Waals surface area contributed by atoms with Crippen molar-refractivity contribution in [1.29, 1.82) is 0 Å². The molecule has 0 aliphatic heterocycles. The molecule has 0 unspecified atom stereocenters. The second-order valence-electron chi connectivity index (χ2n) is 4.85. The fourth-order valence-electron chi connectivity index (χ4n) is 2.29. The number of aryl methyl sites for hydroxylation is 1. The number of carbonyl (C=O) groups is 1. The van der Waals surface area contributed by atoms with Gasteiger partial charge in [-0.1, -0.05) is 11.3 Å². The van der Waals surface area contributed by atoms with Crippen LogP contribution in [0.1, 0.15) is 41.0 Å². The van der Waals surface area contributed by atoms with E-state index in [1.165, 1.54) is 11.3 Å². The standard InChI is InChI=1S/C12H19N3O2S/c1-7-10(18-12(13)15-7)11(17)14-6-8-2-4-9(16)5-3-8/h8-9,16H,2-6H2,1H3,(H2,13,15)(H,14,17). The molecular weight excluding hydrogens is 250 g/mol. The van der Waals surface area contributed by atoms with Gasteiger partial charge in [-0.15, -0.1) is 0 Å². The predicted octanol–water partition coefficient (Wildman–Crippen LogP) is 1.31. The minimum atomic E-state index is -0.152. The van der Waals surface area contributed by atoms with Gasteiger partial charge in [0.1, 0.15) is 4.88 Å². The van der Waals surface area contributed by atoms with E-state index < -0.39 is 0 Å². The molecule has 1 amide bonds. The second-order valence-corrected chi connectivity index (χ2v) is 5.88. The molecule has 0 saturated heterocycles. The van der Waals surface area contributed by atoms with Crippen molar-refractivity contribution in [2.24, 2.45) is 5.92 Å². The van der Waals surface area contributed by atoms with Crippen LogP contribution in [0.25, 0.3) is 0 Å². The van der Waals surface area contributed by atoms with Gasteiger partial charge >= 0.3 is 0 Å². The van der Waals surface area contributed by atoms with Gasteiger partial charge in [-0.25, -0.2) is 4.98 Å². The summed E-state index contributed by atoms with van der Waals surface area (Å²) in [7, 11) is 0. The molecule has 1 aromatic rings. The second kappa shape index (κ2) is 5.67. The molecule has 6 heteroatoms. The summed E-state index contributed by atoms with van der Waals surface area (Å²) in [4.78, 5) is 16.6. The van der Waals surface area contributed by atoms with Gasteiger partial charge in [-0.2, -0.15) is 0 Å². The number of thiazole rings is 1. The summed E-state index contributed by atoms with van der Waals surface area (Å²) in [5.74, 6) is 0.385. The molecule has 100 valence electrons. The molecule has 0 spiro atoms. The number of amides is 1. The minimum Gasteiger partial charge on any atom is -0.393 e. The maximum Gasteiger partial charge on any atom is 0.263 e. The average Bonchev–Trinajstić information content (AvgIpc) is 2.67. The van der Waals surface area contributed by atoms with E-state index in [-0.39, 0.29) is 12.0 Å². The van der Waals surface area contributed by atoms with Crippen molar-refractivity contribution in [2.45, 2.75) is 38.7 Å². The summed E-state index contributed by atoms with van der Waals surface area (Å²) < 4.78 is 0. The summed E-state index contributed by atoms with van der Waals surface area (Å²) in [6, 6.07) is 0. The number of rotatable bonds is 3. The summed E-state index contributed by atoms with van der Waals surface area (Å²) in [6.07, 6.45) is 3.48. The Balaban J connectivity index is 1.83. The Labute approximate surface area is 110 Å². The van der Waals surface area contributed by atoms with Crippen molar-refractivity contribution in [3.63, 3.8) is 0 Å². The molecule has 1 fully saturated rings. The lowest BCUT2D eigenvalue weighted by molar-refractivity contribution is 0.0913. The van der Waals surface area contributed by atoms with Gasteiger partial charge in [-0.05, 0) is 38.5 Å². The first-order valence-electron chi connectivity index (χ1n) is 6.25. The van der Waals surface area contributed by atoms with Crippen molar-refractivity contribution in [2.75, 3.05) is 12.3 Å². The quantitative estimate of drug-likeness (QED) is 0.772. The molecule has 0 radical (unpaired) electrons. The monoisotopic (exact) mass is 269 g/mol. The zero-order chi connectivity index (χ0) is 13.1. The lowest BCUT2D eigenvalue weighted by atomic mass is 9.87. The highest BCUT2D eigenvalue weighted by Gasteiger charge is 2.21. The van der Waals surface area contributed by atoms with E-state index in [1.54, 1.807) is 6.92 Å². The number of nitrogens with one attached hydrogen (secondary N) is 1. The lowest BCUT2D eigenvalue weighted by Crippen LogP contribution is -2.32. The van der Waals surface area contributed by atoms with Crippen molar-refractivity contribution in [3.05, 3.63) is 10.6 Å². The molecule has 2 rings (SSSR count). The smallest absolute Gasteiger partial charge is 0.263 e. The van der Waals surface area contributed by atoms with E-state index in [9.17, 15) is 9.90 Å². The van der Waals surface area contributed by atoms with E-state index in [0.717, 1.165) is 25.7 Å². The number of carbonyl (C=O) groups excluding carboxylic acids is 1. The molecule has 0 aromatic carbocycles. The van der Waals surface area contributed by atoms with E-state index in [4.69, 9.17) is 5.73 Å². The predicted molar refractivity (Wildman–Crippen MR) is 71.6 cm³/mol. The summed E-state index contributed by atoms with van der Waals surface area (Å²) in [6.45, 7) is 2.46.